The largest absolute Gasteiger partial charge is 0.481 e. The summed E-state index contributed by atoms with van der Waals surface area (Å²) < 4.78 is 5.05. The lowest BCUT2D eigenvalue weighted by Crippen LogP contribution is -2.51. The van der Waals surface area contributed by atoms with Crippen LogP contribution in [0, 0.1) is 11.8 Å². The molecule has 4 heteroatoms. The zero-order valence-electron chi connectivity index (χ0n) is 9.59. The number of hydrogen-bond donors (Lipinski definition) is 1. The molecule has 2 heterocycles. The maximum absolute atomic E-state index is 10.8. The van der Waals surface area contributed by atoms with Crippen LogP contribution in [0.25, 0.3) is 0 Å². The Bertz CT molecular complexity index is 354. The van der Waals surface area contributed by atoms with Gasteiger partial charge >= 0.3 is 5.97 Å². The van der Waals surface area contributed by atoms with Crippen LogP contribution in [0.2, 0.25) is 0 Å². The van der Waals surface area contributed by atoms with Crippen LogP contribution >= 0.6 is 0 Å². The molecule has 0 aliphatic carbocycles. The van der Waals surface area contributed by atoms with Crippen molar-refractivity contribution in [3.05, 3.63) is 24.2 Å². The van der Waals surface area contributed by atoms with E-state index in [1.165, 1.54) is 0 Å². The van der Waals surface area contributed by atoms with Crippen LogP contribution in [-0.2, 0) is 4.79 Å². The highest BCUT2D eigenvalue weighted by Gasteiger charge is 2.37. The van der Waals surface area contributed by atoms with Crippen molar-refractivity contribution in [1.82, 2.24) is 4.90 Å². The molecule has 1 fully saturated rings. The standard InChI is InChI=1S/C12H17NO3/c1-8(12(14)15)11-5-13(6-11)9(2)10-3-4-16-7-10/h3-4,7-9,11H,5-6H2,1-2H3,(H,14,15). The minimum absolute atomic E-state index is 0.243. The molecule has 4 nitrogen and oxygen atoms in total. The molecule has 16 heavy (non-hydrogen) atoms. The maximum Gasteiger partial charge on any atom is 0.306 e. The van der Waals surface area contributed by atoms with Crippen LogP contribution in [0.4, 0.5) is 0 Å². The molecule has 1 saturated heterocycles. The lowest BCUT2D eigenvalue weighted by atomic mass is 9.85. The number of likely N-dealkylation sites (tertiary alicyclic amines) is 1. The molecule has 2 unspecified atom stereocenters. The molecule has 1 aromatic rings. The van der Waals surface area contributed by atoms with Gasteiger partial charge in [-0.3, -0.25) is 9.69 Å². The van der Waals surface area contributed by atoms with Crippen molar-refractivity contribution in [2.75, 3.05) is 13.1 Å². The first kappa shape index (κ1) is 11.2. The van der Waals surface area contributed by atoms with E-state index in [9.17, 15) is 4.79 Å². The molecular weight excluding hydrogens is 206 g/mol. The average molecular weight is 223 g/mol. The second kappa shape index (κ2) is 4.29. The highest BCUT2D eigenvalue weighted by Crippen LogP contribution is 2.32. The third-order valence-corrected chi connectivity index (χ3v) is 3.61. The lowest BCUT2D eigenvalue weighted by Gasteiger charge is -2.44. The molecule has 1 aliphatic rings. The number of furan rings is 1. The number of nitrogens with zero attached hydrogens (tertiary/aromatic N) is 1. The topological polar surface area (TPSA) is 53.7 Å². The summed E-state index contributed by atoms with van der Waals surface area (Å²) in [5, 5.41) is 8.89. The normalized spacial score (nSPS) is 21.4. The molecule has 0 saturated carbocycles. The molecule has 0 spiro atoms. The summed E-state index contributed by atoms with van der Waals surface area (Å²) in [5.74, 6) is -0.653. The van der Waals surface area contributed by atoms with E-state index in [1.807, 2.05) is 6.07 Å². The summed E-state index contributed by atoms with van der Waals surface area (Å²) in [7, 11) is 0. The predicted molar refractivity (Wildman–Crippen MR) is 59.0 cm³/mol. The summed E-state index contributed by atoms with van der Waals surface area (Å²) in [6.45, 7) is 5.62. The zero-order valence-corrected chi connectivity index (χ0v) is 9.59. The fourth-order valence-corrected chi connectivity index (χ4v) is 2.11. The molecule has 0 radical (unpaired) electrons. The first-order valence-electron chi connectivity index (χ1n) is 5.58. The minimum atomic E-state index is -0.694. The second-order valence-electron chi connectivity index (χ2n) is 4.57. The van der Waals surface area contributed by atoms with E-state index in [-0.39, 0.29) is 11.8 Å². The monoisotopic (exact) mass is 223 g/mol. The fraction of sp³-hybridized carbons (Fsp3) is 0.583. The van der Waals surface area contributed by atoms with Crippen molar-refractivity contribution in [1.29, 1.82) is 0 Å². The summed E-state index contributed by atoms with van der Waals surface area (Å²) in [6.07, 6.45) is 3.42. The van der Waals surface area contributed by atoms with E-state index >= 15 is 0 Å². The van der Waals surface area contributed by atoms with Crippen LogP contribution in [0.15, 0.2) is 23.0 Å². The fourth-order valence-electron chi connectivity index (χ4n) is 2.11. The molecule has 1 N–H and O–H groups in total. The molecule has 2 atom stereocenters. The van der Waals surface area contributed by atoms with Gasteiger partial charge in [0, 0.05) is 24.7 Å². The van der Waals surface area contributed by atoms with Gasteiger partial charge in [0.25, 0.3) is 0 Å². The quantitative estimate of drug-likeness (QED) is 0.848. The Morgan fingerprint density at radius 1 is 1.56 bits per heavy atom. The van der Waals surface area contributed by atoms with Gasteiger partial charge in [-0.2, -0.15) is 0 Å². The van der Waals surface area contributed by atoms with E-state index in [2.05, 4.69) is 11.8 Å². The molecule has 2 rings (SSSR count). The van der Waals surface area contributed by atoms with Gasteiger partial charge in [0.1, 0.15) is 0 Å². The van der Waals surface area contributed by atoms with Crippen molar-refractivity contribution in [2.24, 2.45) is 11.8 Å². The zero-order chi connectivity index (χ0) is 11.7. The number of rotatable bonds is 4. The third kappa shape index (κ3) is 1.97. The van der Waals surface area contributed by atoms with Crippen molar-refractivity contribution in [2.45, 2.75) is 19.9 Å². The minimum Gasteiger partial charge on any atom is -0.481 e. The van der Waals surface area contributed by atoms with Crippen molar-refractivity contribution in [3.8, 4) is 0 Å². The van der Waals surface area contributed by atoms with Crippen molar-refractivity contribution < 1.29 is 14.3 Å². The first-order chi connectivity index (χ1) is 7.59. The lowest BCUT2D eigenvalue weighted by molar-refractivity contribution is -0.146. The Morgan fingerprint density at radius 2 is 2.25 bits per heavy atom. The highest BCUT2D eigenvalue weighted by atomic mass is 16.4. The number of carboxylic acids is 1. The summed E-state index contributed by atoms with van der Waals surface area (Å²) in [6, 6.07) is 2.27. The molecule has 1 aliphatic heterocycles. The molecule has 0 amide bonds. The molecule has 0 bridgehead atoms. The summed E-state index contributed by atoms with van der Waals surface area (Å²) >= 11 is 0. The van der Waals surface area contributed by atoms with Gasteiger partial charge in [0.2, 0.25) is 0 Å². The summed E-state index contributed by atoms with van der Waals surface area (Å²) in [4.78, 5) is 13.1. The van der Waals surface area contributed by atoms with Gasteiger partial charge in [-0.1, -0.05) is 6.92 Å². The van der Waals surface area contributed by atoms with Crippen molar-refractivity contribution >= 4 is 5.97 Å². The van der Waals surface area contributed by atoms with Gasteiger partial charge in [-0.15, -0.1) is 0 Å². The van der Waals surface area contributed by atoms with Crippen LogP contribution in [-0.4, -0.2) is 29.1 Å². The Morgan fingerprint density at radius 3 is 2.75 bits per heavy atom. The maximum atomic E-state index is 10.8. The number of aliphatic carboxylic acids is 1. The first-order valence-corrected chi connectivity index (χ1v) is 5.58. The molecule has 0 aromatic carbocycles. The number of carboxylic acid groups (broad SMARTS) is 1. The van der Waals surface area contributed by atoms with E-state index in [4.69, 9.17) is 9.52 Å². The Balaban J connectivity index is 1.87. The van der Waals surface area contributed by atoms with Gasteiger partial charge in [-0.05, 0) is 18.9 Å². The Kier molecular flexibility index (Phi) is 3.01. The second-order valence-corrected chi connectivity index (χ2v) is 4.57. The molecule has 1 aromatic heterocycles. The smallest absolute Gasteiger partial charge is 0.306 e. The van der Waals surface area contributed by atoms with Gasteiger partial charge in [0.15, 0.2) is 0 Å². The highest BCUT2D eigenvalue weighted by molar-refractivity contribution is 5.70. The Hall–Kier alpha value is -1.29. The Labute approximate surface area is 94.9 Å². The van der Waals surface area contributed by atoms with E-state index in [0.29, 0.717) is 6.04 Å². The van der Waals surface area contributed by atoms with Crippen LogP contribution < -0.4 is 0 Å². The van der Waals surface area contributed by atoms with Crippen LogP contribution in [0.3, 0.4) is 0 Å². The number of carbonyl (C=O) groups is 1. The predicted octanol–water partition coefficient (Wildman–Crippen LogP) is 1.99. The van der Waals surface area contributed by atoms with E-state index in [0.717, 1.165) is 18.7 Å². The average Bonchev–Trinajstić information content (AvgIpc) is 2.67. The molecular formula is C12H17NO3. The number of hydrogen-bond acceptors (Lipinski definition) is 3. The van der Waals surface area contributed by atoms with Gasteiger partial charge < -0.3 is 9.52 Å². The van der Waals surface area contributed by atoms with E-state index < -0.39 is 5.97 Å². The third-order valence-electron chi connectivity index (χ3n) is 3.61. The molecule has 88 valence electrons. The van der Waals surface area contributed by atoms with Crippen molar-refractivity contribution in [3.63, 3.8) is 0 Å². The van der Waals surface area contributed by atoms with Crippen LogP contribution in [0.5, 0.6) is 0 Å². The van der Waals surface area contributed by atoms with Gasteiger partial charge in [-0.25, -0.2) is 0 Å². The van der Waals surface area contributed by atoms with Gasteiger partial charge in [0.05, 0.1) is 18.4 Å². The van der Waals surface area contributed by atoms with E-state index in [1.54, 1.807) is 19.5 Å². The summed E-state index contributed by atoms with van der Waals surface area (Å²) in [5.41, 5.74) is 1.15. The van der Waals surface area contributed by atoms with Crippen LogP contribution in [0.1, 0.15) is 25.5 Å². The SMILES string of the molecule is CC(C(=O)O)C1CN(C(C)c2ccoc2)C1.